The molecule has 2 aromatic rings. The van der Waals surface area contributed by atoms with Crippen LogP contribution in [0.4, 0.5) is 0 Å². The van der Waals surface area contributed by atoms with Gasteiger partial charge in [-0.1, -0.05) is 26.7 Å². The number of aromatic nitrogens is 1. The molecular weight excluding hydrogens is 242 g/mol. The number of thioether (sulfide) groups is 1. The second kappa shape index (κ2) is 4.55. The number of hydrogen-bond acceptors (Lipinski definition) is 2. The number of hydrogen-bond donors (Lipinski definition) is 0. The third-order valence-electron chi connectivity index (χ3n) is 2.40. The fraction of sp³-hybridized carbons (Fsp3) is 0.267. The number of pyridine rings is 1. The average molecular weight is 257 g/mol. The zero-order valence-electron chi connectivity index (χ0n) is 10.7. The van der Waals surface area contributed by atoms with Gasteiger partial charge in [-0.15, -0.1) is 18.2 Å². The van der Waals surface area contributed by atoms with Crippen LogP contribution >= 0.6 is 11.8 Å². The van der Waals surface area contributed by atoms with Gasteiger partial charge in [0.25, 0.3) is 0 Å². The predicted octanol–water partition coefficient (Wildman–Crippen LogP) is 3.35. The monoisotopic (exact) mass is 257 g/mol. The Labute approximate surface area is 112 Å². The molecule has 18 heavy (non-hydrogen) atoms. The molecule has 3 heteroatoms. The van der Waals surface area contributed by atoms with Gasteiger partial charge in [-0.25, -0.2) is 0 Å². The van der Waals surface area contributed by atoms with Crippen molar-refractivity contribution in [3.63, 3.8) is 0 Å². The van der Waals surface area contributed by atoms with E-state index in [9.17, 15) is 5.21 Å². The van der Waals surface area contributed by atoms with E-state index in [1.54, 1.807) is 11.8 Å². The minimum atomic E-state index is 0.125. The maximum atomic E-state index is 11.9. The Morgan fingerprint density at radius 1 is 1.28 bits per heavy atom. The zero-order valence-corrected chi connectivity index (χ0v) is 11.5. The van der Waals surface area contributed by atoms with Crippen molar-refractivity contribution >= 4 is 22.7 Å². The van der Waals surface area contributed by atoms with Crippen LogP contribution in [-0.4, -0.2) is 4.75 Å². The molecule has 92 valence electrons. The Bertz CT molecular complexity index is 635. The van der Waals surface area contributed by atoms with Gasteiger partial charge in [0, 0.05) is 21.1 Å². The molecule has 0 aliphatic rings. The van der Waals surface area contributed by atoms with Gasteiger partial charge in [-0.3, -0.25) is 0 Å². The highest BCUT2D eigenvalue weighted by Gasteiger charge is 2.14. The lowest BCUT2D eigenvalue weighted by molar-refractivity contribution is -0.577. The highest BCUT2D eigenvalue weighted by atomic mass is 32.2. The first-order chi connectivity index (χ1) is 8.39. The quantitative estimate of drug-likeness (QED) is 0.339. The molecule has 1 heterocycles. The Hall–Kier alpha value is -1.66. The van der Waals surface area contributed by atoms with Crippen molar-refractivity contribution in [1.82, 2.24) is 0 Å². The number of terminal acetylenes is 1. The maximum Gasteiger partial charge on any atom is 0.224 e. The molecule has 0 aliphatic heterocycles. The standard InChI is InChI=1S/C15H15NOS/c1-5-11-8-12-6-7-13(18-15(2,3)4)9-14(12)16(17)10-11/h1,6-10H,2-4H3. The molecular formula is C15H15NOS. The molecule has 0 saturated heterocycles. The van der Waals surface area contributed by atoms with E-state index >= 15 is 0 Å². The summed E-state index contributed by atoms with van der Waals surface area (Å²) in [5.41, 5.74) is 1.26. The smallest absolute Gasteiger partial charge is 0.224 e. The van der Waals surface area contributed by atoms with Gasteiger partial charge in [0.1, 0.15) is 0 Å². The van der Waals surface area contributed by atoms with E-state index in [1.807, 2.05) is 24.3 Å². The molecule has 2 nitrogen and oxygen atoms in total. The lowest BCUT2D eigenvalue weighted by Crippen LogP contribution is -2.26. The lowest BCUT2D eigenvalue weighted by Gasteiger charge is -2.17. The summed E-state index contributed by atoms with van der Waals surface area (Å²) in [6.45, 7) is 6.44. The van der Waals surface area contributed by atoms with E-state index in [1.165, 1.54) is 6.20 Å². The van der Waals surface area contributed by atoms with E-state index in [0.717, 1.165) is 15.0 Å². The first-order valence-corrected chi connectivity index (χ1v) is 6.53. The topological polar surface area (TPSA) is 26.9 Å². The second-order valence-corrected chi connectivity index (χ2v) is 7.03. The summed E-state index contributed by atoms with van der Waals surface area (Å²) in [5.74, 6) is 2.49. The Balaban J connectivity index is 2.53. The third-order valence-corrected chi connectivity index (χ3v) is 3.50. The van der Waals surface area contributed by atoms with Crippen molar-refractivity contribution in [1.29, 1.82) is 0 Å². The molecule has 1 aromatic heterocycles. The van der Waals surface area contributed by atoms with Crippen LogP contribution in [0.3, 0.4) is 0 Å². The van der Waals surface area contributed by atoms with Crippen LogP contribution in [0, 0.1) is 17.6 Å². The van der Waals surface area contributed by atoms with Crippen LogP contribution in [0.15, 0.2) is 35.4 Å². The summed E-state index contributed by atoms with van der Waals surface area (Å²) >= 11 is 1.74. The molecule has 0 atom stereocenters. The summed E-state index contributed by atoms with van der Waals surface area (Å²) in [5, 5.41) is 12.8. The Morgan fingerprint density at radius 3 is 2.61 bits per heavy atom. The molecule has 0 spiro atoms. The van der Waals surface area contributed by atoms with Gasteiger partial charge >= 0.3 is 0 Å². The summed E-state index contributed by atoms with van der Waals surface area (Å²) in [7, 11) is 0. The van der Waals surface area contributed by atoms with Crippen LogP contribution < -0.4 is 4.73 Å². The highest BCUT2D eigenvalue weighted by molar-refractivity contribution is 8.00. The van der Waals surface area contributed by atoms with E-state index in [-0.39, 0.29) is 4.75 Å². The van der Waals surface area contributed by atoms with Crippen LogP contribution in [-0.2, 0) is 0 Å². The van der Waals surface area contributed by atoms with E-state index in [0.29, 0.717) is 11.1 Å². The minimum Gasteiger partial charge on any atom is -0.618 e. The van der Waals surface area contributed by atoms with Crippen molar-refractivity contribution in [2.24, 2.45) is 0 Å². The van der Waals surface area contributed by atoms with Crippen molar-refractivity contribution in [2.75, 3.05) is 0 Å². The van der Waals surface area contributed by atoms with Crippen molar-refractivity contribution in [2.45, 2.75) is 30.4 Å². The minimum absolute atomic E-state index is 0.125. The highest BCUT2D eigenvalue weighted by Crippen LogP contribution is 2.32. The van der Waals surface area contributed by atoms with Crippen molar-refractivity contribution in [3.05, 3.63) is 41.2 Å². The van der Waals surface area contributed by atoms with Gasteiger partial charge < -0.3 is 5.21 Å². The van der Waals surface area contributed by atoms with Crippen LogP contribution in [0.5, 0.6) is 0 Å². The fourth-order valence-corrected chi connectivity index (χ4v) is 2.75. The predicted molar refractivity (Wildman–Crippen MR) is 76.5 cm³/mol. The summed E-state index contributed by atoms with van der Waals surface area (Å²) in [4.78, 5) is 1.09. The van der Waals surface area contributed by atoms with Gasteiger partial charge in [0.05, 0.1) is 5.56 Å². The normalized spacial score (nSPS) is 11.4. The average Bonchev–Trinajstić information content (AvgIpc) is 2.27. The molecule has 1 aromatic carbocycles. The molecule has 0 N–H and O–H groups in total. The SMILES string of the molecule is C#Cc1cc2ccc(SC(C)(C)C)cc2[n+]([O-])c1. The Morgan fingerprint density at radius 2 is 2.00 bits per heavy atom. The van der Waals surface area contributed by atoms with Crippen LogP contribution in [0.2, 0.25) is 0 Å². The summed E-state index contributed by atoms with van der Waals surface area (Å²) < 4.78 is 0.970. The second-order valence-electron chi connectivity index (χ2n) is 5.13. The maximum absolute atomic E-state index is 11.9. The van der Waals surface area contributed by atoms with E-state index < -0.39 is 0 Å². The number of nitrogens with zero attached hydrogens (tertiary/aromatic N) is 1. The summed E-state index contributed by atoms with van der Waals surface area (Å²) in [6.07, 6.45) is 6.75. The first kappa shape index (κ1) is 12.8. The fourth-order valence-electron chi connectivity index (χ4n) is 1.73. The largest absolute Gasteiger partial charge is 0.618 e. The molecule has 0 bridgehead atoms. The molecule has 2 rings (SSSR count). The molecule has 0 unspecified atom stereocenters. The van der Waals surface area contributed by atoms with Gasteiger partial charge in [-0.05, 0) is 18.2 Å². The van der Waals surface area contributed by atoms with Gasteiger partial charge in [0.15, 0.2) is 6.20 Å². The molecule has 0 saturated carbocycles. The first-order valence-electron chi connectivity index (χ1n) is 5.72. The summed E-state index contributed by atoms with van der Waals surface area (Å²) in [6, 6.07) is 7.74. The number of benzene rings is 1. The molecule has 0 aliphatic carbocycles. The van der Waals surface area contributed by atoms with Crippen LogP contribution in [0.25, 0.3) is 10.9 Å². The molecule has 0 fully saturated rings. The zero-order chi connectivity index (χ0) is 13.3. The third kappa shape index (κ3) is 2.77. The van der Waals surface area contributed by atoms with Gasteiger partial charge in [-0.2, -0.15) is 4.73 Å². The number of fused-ring (bicyclic) bond motifs is 1. The Kier molecular flexibility index (Phi) is 3.23. The van der Waals surface area contributed by atoms with Crippen molar-refractivity contribution < 1.29 is 4.73 Å². The molecule has 0 amide bonds. The van der Waals surface area contributed by atoms with Gasteiger partial charge in [0.2, 0.25) is 5.52 Å². The van der Waals surface area contributed by atoms with E-state index in [2.05, 4.69) is 26.7 Å². The lowest BCUT2D eigenvalue weighted by atomic mass is 10.2. The molecule has 0 radical (unpaired) electrons. The van der Waals surface area contributed by atoms with E-state index in [4.69, 9.17) is 6.42 Å². The van der Waals surface area contributed by atoms with Crippen LogP contribution in [0.1, 0.15) is 26.3 Å². The number of rotatable bonds is 1. The van der Waals surface area contributed by atoms with Crippen molar-refractivity contribution in [3.8, 4) is 12.3 Å².